The van der Waals surface area contributed by atoms with E-state index in [1.54, 1.807) is 17.1 Å². The van der Waals surface area contributed by atoms with Gasteiger partial charge in [-0.2, -0.15) is 5.10 Å². The average molecular weight is 224 g/mol. The quantitative estimate of drug-likeness (QED) is 0.845. The Morgan fingerprint density at radius 2 is 2.20 bits per heavy atom. The van der Waals surface area contributed by atoms with Crippen molar-refractivity contribution in [1.82, 2.24) is 19.7 Å². The zero-order chi connectivity index (χ0) is 10.8. The van der Waals surface area contributed by atoms with E-state index in [0.717, 1.165) is 11.4 Å². The van der Waals surface area contributed by atoms with Crippen LogP contribution >= 0.6 is 11.6 Å². The van der Waals surface area contributed by atoms with Gasteiger partial charge < -0.3 is 5.32 Å². The van der Waals surface area contributed by atoms with Crippen LogP contribution in [0.5, 0.6) is 0 Å². The van der Waals surface area contributed by atoms with Crippen LogP contribution in [0.2, 0.25) is 5.02 Å². The minimum Gasteiger partial charge on any atom is -0.321 e. The molecule has 15 heavy (non-hydrogen) atoms. The largest absolute Gasteiger partial charge is 0.321 e. The maximum Gasteiger partial charge on any atom is 0.227 e. The molecular formula is C9H10ClN5. The molecule has 0 aliphatic heterocycles. The lowest BCUT2D eigenvalue weighted by Gasteiger charge is -2.02. The number of halogens is 1. The first-order chi connectivity index (χ1) is 7.15. The zero-order valence-electron chi connectivity index (χ0n) is 8.40. The van der Waals surface area contributed by atoms with Gasteiger partial charge in [0.05, 0.1) is 28.8 Å². The SMILES string of the molecule is Cc1nc(Nc2cnn(C)c2)ncc1Cl. The molecule has 0 saturated heterocycles. The van der Waals surface area contributed by atoms with E-state index in [-0.39, 0.29) is 0 Å². The third kappa shape index (κ3) is 2.24. The van der Waals surface area contributed by atoms with Crippen molar-refractivity contribution in [3.8, 4) is 0 Å². The number of aromatic nitrogens is 4. The fraction of sp³-hybridized carbons (Fsp3) is 0.222. The molecule has 2 rings (SSSR count). The van der Waals surface area contributed by atoms with E-state index in [9.17, 15) is 0 Å². The molecule has 0 aliphatic carbocycles. The summed E-state index contributed by atoms with van der Waals surface area (Å²) in [5.74, 6) is 0.518. The van der Waals surface area contributed by atoms with Crippen molar-refractivity contribution in [2.75, 3.05) is 5.32 Å². The van der Waals surface area contributed by atoms with Crippen molar-refractivity contribution in [3.05, 3.63) is 29.3 Å². The average Bonchev–Trinajstić information content (AvgIpc) is 2.58. The minimum atomic E-state index is 0.518. The van der Waals surface area contributed by atoms with E-state index in [1.165, 1.54) is 0 Å². The van der Waals surface area contributed by atoms with Gasteiger partial charge >= 0.3 is 0 Å². The second kappa shape index (κ2) is 3.86. The van der Waals surface area contributed by atoms with Crippen LogP contribution in [0.1, 0.15) is 5.69 Å². The Labute approximate surface area is 92.1 Å². The van der Waals surface area contributed by atoms with Crippen molar-refractivity contribution in [2.45, 2.75) is 6.92 Å². The van der Waals surface area contributed by atoms with Crippen LogP contribution in [-0.4, -0.2) is 19.7 Å². The Morgan fingerprint density at radius 3 is 2.80 bits per heavy atom. The van der Waals surface area contributed by atoms with Gasteiger partial charge in [0.2, 0.25) is 5.95 Å². The fourth-order valence-corrected chi connectivity index (χ4v) is 1.22. The highest BCUT2D eigenvalue weighted by Crippen LogP contribution is 2.15. The molecule has 0 aromatic carbocycles. The van der Waals surface area contributed by atoms with Gasteiger partial charge in [-0.15, -0.1) is 0 Å². The maximum absolute atomic E-state index is 5.82. The van der Waals surface area contributed by atoms with Crippen LogP contribution < -0.4 is 5.32 Å². The summed E-state index contributed by atoms with van der Waals surface area (Å²) in [5.41, 5.74) is 1.59. The molecule has 0 saturated carbocycles. The molecule has 0 atom stereocenters. The smallest absolute Gasteiger partial charge is 0.227 e. The summed E-state index contributed by atoms with van der Waals surface area (Å²) in [5, 5.41) is 7.62. The lowest BCUT2D eigenvalue weighted by molar-refractivity contribution is 0.768. The molecule has 78 valence electrons. The molecular weight excluding hydrogens is 214 g/mol. The van der Waals surface area contributed by atoms with Gasteiger partial charge in [0.1, 0.15) is 0 Å². The molecule has 0 radical (unpaired) electrons. The third-order valence-electron chi connectivity index (χ3n) is 1.88. The number of nitrogens with one attached hydrogen (secondary N) is 1. The van der Waals surface area contributed by atoms with Gasteiger partial charge in [0.25, 0.3) is 0 Å². The summed E-state index contributed by atoms with van der Waals surface area (Å²) in [6, 6.07) is 0. The third-order valence-corrected chi connectivity index (χ3v) is 2.25. The van der Waals surface area contributed by atoms with E-state index in [2.05, 4.69) is 20.4 Å². The highest BCUT2D eigenvalue weighted by Gasteiger charge is 2.02. The van der Waals surface area contributed by atoms with Crippen molar-refractivity contribution >= 4 is 23.2 Å². The van der Waals surface area contributed by atoms with Crippen molar-refractivity contribution in [2.24, 2.45) is 7.05 Å². The van der Waals surface area contributed by atoms with E-state index >= 15 is 0 Å². The number of nitrogens with zero attached hydrogens (tertiary/aromatic N) is 4. The van der Waals surface area contributed by atoms with Gasteiger partial charge in [-0.25, -0.2) is 9.97 Å². The lowest BCUT2D eigenvalue weighted by atomic mass is 10.4. The number of aryl methyl sites for hydroxylation is 2. The number of hydrogen-bond acceptors (Lipinski definition) is 4. The van der Waals surface area contributed by atoms with Crippen molar-refractivity contribution < 1.29 is 0 Å². The van der Waals surface area contributed by atoms with Gasteiger partial charge in [-0.05, 0) is 6.92 Å². The fourth-order valence-electron chi connectivity index (χ4n) is 1.13. The summed E-state index contributed by atoms with van der Waals surface area (Å²) in [6.07, 6.45) is 5.11. The summed E-state index contributed by atoms with van der Waals surface area (Å²) < 4.78 is 1.70. The van der Waals surface area contributed by atoms with Crippen LogP contribution in [0.3, 0.4) is 0 Å². The van der Waals surface area contributed by atoms with Crippen molar-refractivity contribution in [3.63, 3.8) is 0 Å². The standard InChI is InChI=1S/C9H10ClN5/c1-6-8(10)4-11-9(13-6)14-7-3-12-15(2)5-7/h3-5H,1-2H3,(H,11,13,14). The normalized spacial score (nSPS) is 10.3. The first-order valence-corrected chi connectivity index (χ1v) is 4.78. The molecule has 0 unspecified atom stereocenters. The van der Waals surface area contributed by atoms with Gasteiger partial charge in [0, 0.05) is 13.2 Å². The first kappa shape index (κ1) is 9.92. The number of anilines is 2. The molecule has 0 aliphatic rings. The zero-order valence-corrected chi connectivity index (χ0v) is 9.15. The molecule has 2 aromatic heterocycles. The predicted octanol–water partition coefficient (Wildman–Crippen LogP) is 1.92. The van der Waals surface area contributed by atoms with Crippen LogP contribution in [0.4, 0.5) is 11.6 Å². The van der Waals surface area contributed by atoms with E-state index in [4.69, 9.17) is 11.6 Å². The van der Waals surface area contributed by atoms with Crippen LogP contribution in [-0.2, 0) is 7.05 Å². The van der Waals surface area contributed by atoms with Crippen LogP contribution in [0.15, 0.2) is 18.6 Å². The Hall–Kier alpha value is -1.62. The molecule has 5 nitrogen and oxygen atoms in total. The molecule has 0 spiro atoms. The Kier molecular flexibility index (Phi) is 2.55. The first-order valence-electron chi connectivity index (χ1n) is 4.40. The monoisotopic (exact) mass is 223 g/mol. The maximum atomic E-state index is 5.82. The van der Waals surface area contributed by atoms with E-state index in [0.29, 0.717) is 11.0 Å². The lowest BCUT2D eigenvalue weighted by Crippen LogP contribution is -1.97. The highest BCUT2D eigenvalue weighted by atomic mass is 35.5. The number of rotatable bonds is 2. The van der Waals surface area contributed by atoms with Gasteiger partial charge in [-0.3, -0.25) is 4.68 Å². The second-order valence-electron chi connectivity index (χ2n) is 3.15. The van der Waals surface area contributed by atoms with E-state index in [1.807, 2.05) is 20.2 Å². The Balaban J connectivity index is 2.21. The summed E-state index contributed by atoms with van der Waals surface area (Å²) in [7, 11) is 1.85. The molecule has 0 fully saturated rings. The molecule has 2 aromatic rings. The van der Waals surface area contributed by atoms with Crippen LogP contribution in [0.25, 0.3) is 0 Å². The van der Waals surface area contributed by atoms with Gasteiger partial charge in [0.15, 0.2) is 0 Å². The topological polar surface area (TPSA) is 55.6 Å². The molecule has 0 bridgehead atoms. The predicted molar refractivity (Wildman–Crippen MR) is 58.3 cm³/mol. The van der Waals surface area contributed by atoms with Crippen LogP contribution in [0, 0.1) is 6.92 Å². The second-order valence-corrected chi connectivity index (χ2v) is 3.56. The Bertz CT molecular complexity index is 479. The number of hydrogen-bond donors (Lipinski definition) is 1. The molecule has 6 heteroatoms. The minimum absolute atomic E-state index is 0.518. The summed E-state index contributed by atoms with van der Waals surface area (Å²) in [4.78, 5) is 8.24. The molecule has 2 heterocycles. The summed E-state index contributed by atoms with van der Waals surface area (Å²) >= 11 is 5.82. The highest BCUT2D eigenvalue weighted by molar-refractivity contribution is 6.31. The summed E-state index contributed by atoms with van der Waals surface area (Å²) in [6.45, 7) is 1.83. The Morgan fingerprint density at radius 1 is 1.40 bits per heavy atom. The van der Waals surface area contributed by atoms with Gasteiger partial charge in [-0.1, -0.05) is 11.6 Å². The molecule has 1 N–H and O–H groups in total. The molecule has 0 amide bonds. The van der Waals surface area contributed by atoms with Crippen molar-refractivity contribution in [1.29, 1.82) is 0 Å². The van der Waals surface area contributed by atoms with E-state index < -0.39 is 0 Å².